The summed E-state index contributed by atoms with van der Waals surface area (Å²) in [6, 6.07) is 7.18. The molecule has 0 bridgehead atoms. The molecule has 0 radical (unpaired) electrons. The number of nitro groups is 1. The van der Waals surface area contributed by atoms with Crippen molar-refractivity contribution in [2.75, 3.05) is 11.1 Å². The fourth-order valence-corrected chi connectivity index (χ4v) is 3.76. The molecular weight excluding hydrogens is 368 g/mol. The monoisotopic (exact) mass is 388 g/mol. The summed E-state index contributed by atoms with van der Waals surface area (Å²) in [5.41, 5.74) is 0.794. The Labute approximate surface area is 160 Å². The van der Waals surface area contributed by atoms with Gasteiger partial charge in [0.05, 0.1) is 16.5 Å². The number of carbonyl (C=O) groups excluding carboxylic acids is 1. The highest BCUT2D eigenvalue weighted by atomic mass is 32.2. The zero-order chi connectivity index (χ0) is 19.8. The van der Waals surface area contributed by atoms with E-state index in [-0.39, 0.29) is 29.1 Å². The van der Waals surface area contributed by atoms with Crippen LogP contribution >= 0.6 is 11.8 Å². The molecule has 1 aliphatic heterocycles. The Balaban J connectivity index is 1.74. The summed E-state index contributed by atoms with van der Waals surface area (Å²) < 4.78 is 1.53. The Morgan fingerprint density at radius 2 is 2.00 bits per heavy atom. The zero-order valence-corrected chi connectivity index (χ0v) is 16.1. The summed E-state index contributed by atoms with van der Waals surface area (Å²) in [4.78, 5) is 39.8. The van der Waals surface area contributed by atoms with Crippen LogP contribution in [0.4, 0.5) is 11.4 Å². The predicted molar refractivity (Wildman–Crippen MR) is 103 cm³/mol. The Hall–Kier alpha value is -2.68. The lowest BCUT2D eigenvalue weighted by molar-refractivity contribution is -0.384. The number of nitro benzene ring substituents is 1. The SMILES string of the molecule is CC(C)(C)c1cc(=O)n2c(n1)SCC(C(=O)Nc1ccc([N+](=O)[O-])cc1)C2. The normalized spacial score (nSPS) is 16.5. The van der Waals surface area contributed by atoms with Gasteiger partial charge in [0.1, 0.15) is 0 Å². The number of nitrogens with zero attached hydrogens (tertiary/aromatic N) is 3. The van der Waals surface area contributed by atoms with Crippen LogP contribution in [-0.4, -0.2) is 26.1 Å². The van der Waals surface area contributed by atoms with Crippen LogP contribution in [0.1, 0.15) is 26.5 Å². The van der Waals surface area contributed by atoms with Crippen molar-refractivity contribution in [2.24, 2.45) is 5.92 Å². The lowest BCUT2D eigenvalue weighted by atomic mass is 9.92. The van der Waals surface area contributed by atoms with Gasteiger partial charge in [0, 0.05) is 41.6 Å². The number of hydrogen-bond donors (Lipinski definition) is 1. The van der Waals surface area contributed by atoms with Crippen molar-refractivity contribution in [1.29, 1.82) is 0 Å². The van der Waals surface area contributed by atoms with Crippen LogP contribution in [0.2, 0.25) is 0 Å². The summed E-state index contributed by atoms with van der Waals surface area (Å²) in [5, 5.41) is 14.1. The van der Waals surface area contributed by atoms with Crippen molar-refractivity contribution in [3.63, 3.8) is 0 Å². The second-order valence-corrected chi connectivity index (χ2v) is 8.41. The standard InChI is InChI=1S/C18H20N4O4S/c1-18(2,3)14-8-15(23)21-9-11(10-27-17(21)20-14)16(24)19-12-4-6-13(7-5-12)22(25)26/h4-8,11H,9-10H2,1-3H3,(H,19,24). The van der Waals surface area contributed by atoms with Gasteiger partial charge in [-0.25, -0.2) is 4.98 Å². The fraction of sp³-hybridized carbons (Fsp3) is 0.389. The number of amides is 1. The van der Waals surface area contributed by atoms with Crippen LogP contribution < -0.4 is 10.9 Å². The molecule has 142 valence electrons. The van der Waals surface area contributed by atoms with Gasteiger partial charge in [-0.05, 0) is 12.1 Å². The number of anilines is 1. The molecule has 1 aromatic heterocycles. The molecule has 1 amide bonds. The average molecular weight is 388 g/mol. The van der Waals surface area contributed by atoms with Gasteiger partial charge < -0.3 is 5.32 Å². The molecule has 1 unspecified atom stereocenters. The highest BCUT2D eigenvalue weighted by Crippen LogP contribution is 2.28. The summed E-state index contributed by atoms with van der Waals surface area (Å²) >= 11 is 1.39. The van der Waals surface area contributed by atoms with E-state index in [0.717, 1.165) is 5.69 Å². The number of carbonyl (C=O) groups is 1. The third kappa shape index (κ3) is 4.19. The number of thioether (sulfide) groups is 1. The van der Waals surface area contributed by atoms with Crippen molar-refractivity contribution in [3.8, 4) is 0 Å². The number of aromatic nitrogens is 2. The Morgan fingerprint density at radius 1 is 1.33 bits per heavy atom. The minimum atomic E-state index is -0.494. The third-order valence-corrected chi connectivity index (χ3v) is 5.41. The molecule has 0 saturated heterocycles. The minimum absolute atomic E-state index is 0.0394. The first-order valence-corrected chi connectivity index (χ1v) is 9.44. The molecule has 0 fully saturated rings. The van der Waals surface area contributed by atoms with Crippen LogP contribution in [0.25, 0.3) is 0 Å². The largest absolute Gasteiger partial charge is 0.326 e. The molecule has 1 atom stereocenters. The van der Waals surface area contributed by atoms with Gasteiger partial charge in [-0.1, -0.05) is 32.5 Å². The van der Waals surface area contributed by atoms with Crippen molar-refractivity contribution in [2.45, 2.75) is 37.9 Å². The highest BCUT2D eigenvalue weighted by Gasteiger charge is 2.28. The van der Waals surface area contributed by atoms with E-state index in [1.807, 2.05) is 20.8 Å². The summed E-state index contributed by atoms with van der Waals surface area (Å²) in [6.45, 7) is 6.26. The van der Waals surface area contributed by atoms with Gasteiger partial charge in [0.15, 0.2) is 5.16 Å². The number of nitrogens with one attached hydrogen (secondary N) is 1. The molecule has 9 heteroatoms. The molecule has 27 heavy (non-hydrogen) atoms. The van der Waals surface area contributed by atoms with E-state index in [4.69, 9.17) is 0 Å². The number of hydrogen-bond acceptors (Lipinski definition) is 6. The van der Waals surface area contributed by atoms with E-state index in [1.165, 1.54) is 46.7 Å². The zero-order valence-electron chi connectivity index (χ0n) is 15.3. The third-order valence-electron chi connectivity index (χ3n) is 4.27. The van der Waals surface area contributed by atoms with Gasteiger partial charge in [0.2, 0.25) is 5.91 Å². The number of benzene rings is 1. The smallest absolute Gasteiger partial charge is 0.269 e. The minimum Gasteiger partial charge on any atom is -0.326 e. The van der Waals surface area contributed by atoms with Gasteiger partial charge >= 0.3 is 0 Å². The average Bonchev–Trinajstić information content (AvgIpc) is 2.61. The molecule has 0 spiro atoms. The number of non-ortho nitro benzene ring substituents is 1. The number of fused-ring (bicyclic) bond motifs is 1. The number of rotatable bonds is 3. The van der Waals surface area contributed by atoms with Crippen LogP contribution in [-0.2, 0) is 16.8 Å². The quantitative estimate of drug-likeness (QED) is 0.492. The van der Waals surface area contributed by atoms with E-state index in [9.17, 15) is 19.7 Å². The van der Waals surface area contributed by atoms with Gasteiger partial charge in [-0.15, -0.1) is 0 Å². The van der Waals surface area contributed by atoms with E-state index >= 15 is 0 Å². The molecule has 3 rings (SSSR count). The molecule has 8 nitrogen and oxygen atoms in total. The second-order valence-electron chi connectivity index (χ2n) is 7.42. The van der Waals surface area contributed by atoms with E-state index in [1.54, 1.807) is 0 Å². The Bertz CT molecular complexity index is 947. The molecular formula is C18H20N4O4S. The molecule has 2 heterocycles. The van der Waals surface area contributed by atoms with E-state index < -0.39 is 10.8 Å². The first kappa shape index (κ1) is 19.1. The van der Waals surface area contributed by atoms with Crippen molar-refractivity contribution in [3.05, 3.63) is 56.5 Å². The van der Waals surface area contributed by atoms with Crippen LogP contribution in [0, 0.1) is 16.0 Å². The van der Waals surface area contributed by atoms with Crippen molar-refractivity contribution >= 4 is 29.0 Å². The van der Waals surface area contributed by atoms with Gasteiger partial charge in [-0.3, -0.25) is 24.3 Å². The first-order chi connectivity index (χ1) is 12.6. The van der Waals surface area contributed by atoms with E-state index in [2.05, 4.69) is 10.3 Å². The molecule has 0 saturated carbocycles. The van der Waals surface area contributed by atoms with Gasteiger partial charge in [-0.2, -0.15) is 0 Å². The molecule has 1 N–H and O–H groups in total. The van der Waals surface area contributed by atoms with Crippen LogP contribution in [0.5, 0.6) is 0 Å². The summed E-state index contributed by atoms with van der Waals surface area (Å²) in [6.07, 6.45) is 0. The first-order valence-electron chi connectivity index (χ1n) is 8.45. The molecule has 2 aromatic rings. The summed E-state index contributed by atoms with van der Waals surface area (Å²) in [7, 11) is 0. The second kappa shape index (κ2) is 7.15. The fourth-order valence-electron chi connectivity index (χ4n) is 2.66. The summed E-state index contributed by atoms with van der Waals surface area (Å²) in [5.74, 6) is -0.106. The Morgan fingerprint density at radius 3 is 2.59 bits per heavy atom. The topological polar surface area (TPSA) is 107 Å². The van der Waals surface area contributed by atoms with Crippen molar-refractivity contribution < 1.29 is 9.72 Å². The van der Waals surface area contributed by atoms with Crippen LogP contribution in [0.15, 0.2) is 40.3 Å². The maximum absolute atomic E-state index is 12.5. The lowest BCUT2D eigenvalue weighted by Gasteiger charge is -2.26. The molecule has 1 aromatic carbocycles. The molecule has 1 aliphatic rings. The predicted octanol–water partition coefficient (Wildman–Crippen LogP) is 2.81. The van der Waals surface area contributed by atoms with Crippen molar-refractivity contribution in [1.82, 2.24) is 9.55 Å². The maximum Gasteiger partial charge on any atom is 0.269 e. The highest BCUT2D eigenvalue weighted by molar-refractivity contribution is 7.99. The Kier molecular flexibility index (Phi) is 5.05. The maximum atomic E-state index is 12.5. The van der Waals surface area contributed by atoms with Crippen LogP contribution in [0.3, 0.4) is 0 Å². The lowest BCUT2D eigenvalue weighted by Crippen LogP contribution is -2.37. The van der Waals surface area contributed by atoms with Gasteiger partial charge in [0.25, 0.3) is 11.2 Å². The molecule has 0 aliphatic carbocycles. The van der Waals surface area contributed by atoms with E-state index in [0.29, 0.717) is 16.6 Å².